The van der Waals surface area contributed by atoms with Gasteiger partial charge in [0.1, 0.15) is 5.75 Å². The summed E-state index contributed by atoms with van der Waals surface area (Å²) < 4.78 is 6.43. The van der Waals surface area contributed by atoms with E-state index in [1.54, 1.807) is 18.3 Å². The van der Waals surface area contributed by atoms with Gasteiger partial charge in [-0.3, -0.25) is 0 Å². The lowest BCUT2D eigenvalue weighted by Crippen LogP contribution is -2.03. The third-order valence-corrected chi connectivity index (χ3v) is 3.11. The minimum absolute atomic E-state index is 0.411. The molecule has 6 heteroatoms. The highest BCUT2D eigenvalue weighted by atomic mass is 79.9. The van der Waals surface area contributed by atoms with Gasteiger partial charge >= 0.3 is 0 Å². The van der Waals surface area contributed by atoms with Gasteiger partial charge in [0.15, 0.2) is 0 Å². The number of nitriles is 1. The first-order valence-electron chi connectivity index (χ1n) is 6.09. The van der Waals surface area contributed by atoms with Gasteiger partial charge in [0.2, 0.25) is 11.8 Å². The minimum Gasteiger partial charge on any atom is -0.437 e. The van der Waals surface area contributed by atoms with Gasteiger partial charge in [-0.2, -0.15) is 10.2 Å². The van der Waals surface area contributed by atoms with Crippen LogP contribution >= 0.6 is 15.9 Å². The first-order chi connectivity index (χ1) is 9.63. The first kappa shape index (κ1) is 14.3. The van der Waals surface area contributed by atoms with Crippen molar-refractivity contribution in [2.24, 2.45) is 0 Å². The zero-order chi connectivity index (χ0) is 14.5. The fourth-order valence-electron chi connectivity index (χ4n) is 1.55. The van der Waals surface area contributed by atoms with Gasteiger partial charge in [-0.1, -0.05) is 6.07 Å². The number of benzene rings is 1. The molecule has 1 aromatic heterocycles. The van der Waals surface area contributed by atoms with Crippen LogP contribution in [0.4, 0.5) is 5.95 Å². The van der Waals surface area contributed by atoms with E-state index < -0.39 is 0 Å². The van der Waals surface area contributed by atoms with E-state index in [1.807, 2.05) is 19.9 Å². The van der Waals surface area contributed by atoms with Crippen molar-refractivity contribution in [3.8, 4) is 17.7 Å². The quantitative estimate of drug-likeness (QED) is 0.925. The average molecular weight is 333 g/mol. The highest BCUT2D eigenvalue weighted by Gasteiger charge is 2.09. The van der Waals surface area contributed by atoms with Crippen LogP contribution in [0.15, 0.2) is 28.9 Å². The van der Waals surface area contributed by atoms with E-state index in [9.17, 15) is 0 Å². The first-order valence-corrected chi connectivity index (χ1v) is 6.88. The molecule has 0 spiro atoms. The summed E-state index contributed by atoms with van der Waals surface area (Å²) in [7, 11) is 0. The van der Waals surface area contributed by atoms with E-state index in [-0.39, 0.29) is 0 Å². The Bertz CT molecular complexity index is 667. The Morgan fingerprint density at radius 1 is 1.45 bits per heavy atom. The molecule has 0 aliphatic heterocycles. The maximum Gasteiger partial charge on any atom is 0.238 e. The standard InChI is InChI=1S/C14H13BrN4O/c1-3-17-14-18-8-11(15)13(19-14)20-12-6-10(7-16)5-4-9(12)2/h4-6,8H,3H2,1-2H3,(H,17,18,19). The molecule has 20 heavy (non-hydrogen) atoms. The van der Waals surface area contributed by atoms with Gasteiger partial charge in [-0.05, 0) is 47.5 Å². The van der Waals surface area contributed by atoms with Crippen LogP contribution < -0.4 is 10.1 Å². The number of nitrogens with one attached hydrogen (secondary N) is 1. The zero-order valence-corrected chi connectivity index (χ0v) is 12.7. The Kier molecular flexibility index (Phi) is 4.53. The summed E-state index contributed by atoms with van der Waals surface area (Å²) >= 11 is 3.36. The van der Waals surface area contributed by atoms with Crippen molar-refractivity contribution in [1.82, 2.24) is 9.97 Å². The zero-order valence-electron chi connectivity index (χ0n) is 11.1. The Morgan fingerprint density at radius 2 is 2.25 bits per heavy atom. The van der Waals surface area contributed by atoms with Crippen molar-refractivity contribution in [2.45, 2.75) is 13.8 Å². The molecule has 1 aromatic carbocycles. The highest BCUT2D eigenvalue weighted by Crippen LogP contribution is 2.30. The van der Waals surface area contributed by atoms with Crippen molar-refractivity contribution in [1.29, 1.82) is 5.26 Å². The predicted octanol–water partition coefficient (Wildman–Crippen LogP) is 3.64. The molecular weight excluding hydrogens is 320 g/mol. The molecule has 0 bridgehead atoms. The van der Waals surface area contributed by atoms with Crippen LogP contribution in [-0.2, 0) is 0 Å². The van der Waals surface area contributed by atoms with Crippen molar-refractivity contribution >= 4 is 21.9 Å². The summed E-state index contributed by atoms with van der Waals surface area (Å²) in [4.78, 5) is 8.40. The van der Waals surface area contributed by atoms with Crippen LogP contribution in [0.1, 0.15) is 18.1 Å². The summed E-state index contributed by atoms with van der Waals surface area (Å²) in [5.74, 6) is 1.51. The van der Waals surface area contributed by atoms with Crippen LogP contribution in [0, 0.1) is 18.3 Å². The summed E-state index contributed by atoms with van der Waals surface area (Å²) in [5.41, 5.74) is 1.47. The lowest BCUT2D eigenvalue weighted by molar-refractivity contribution is 0.455. The maximum atomic E-state index is 8.94. The number of rotatable bonds is 4. The van der Waals surface area contributed by atoms with Gasteiger partial charge in [-0.25, -0.2) is 4.98 Å². The highest BCUT2D eigenvalue weighted by molar-refractivity contribution is 9.10. The van der Waals surface area contributed by atoms with Gasteiger partial charge in [0, 0.05) is 6.54 Å². The van der Waals surface area contributed by atoms with Crippen LogP contribution in [0.5, 0.6) is 11.6 Å². The summed E-state index contributed by atoms with van der Waals surface area (Å²) in [6.45, 7) is 4.60. The second kappa shape index (κ2) is 6.35. The molecule has 0 saturated carbocycles. The van der Waals surface area contributed by atoms with Gasteiger partial charge in [0.25, 0.3) is 0 Å². The summed E-state index contributed by atoms with van der Waals surface area (Å²) in [6.07, 6.45) is 1.63. The number of hydrogen-bond donors (Lipinski definition) is 1. The topological polar surface area (TPSA) is 70.8 Å². The number of ether oxygens (including phenoxy) is 1. The molecule has 0 radical (unpaired) electrons. The lowest BCUT2D eigenvalue weighted by Gasteiger charge is -2.10. The van der Waals surface area contributed by atoms with Crippen LogP contribution in [0.2, 0.25) is 0 Å². The monoisotopic (exact) mass is 332 g/mol. The van der Waals surface area contributed by atoms with Crippen molar-refractivity contribution < 1.29 is 4.74 Å². The van der Waals surface area contributed by atoms with E-state index in [4.69, 9.17) is 10.00 Å². The molecule has 0 atom stereocenters. The number of aromatic nitrogens is 2. The van der Waals surface area contributed by atoms with Gasteiger partial charge < -0.3 is 10.1 Å². The Labute approximate surface area is 125 Å². The minimum atomic E-state index is 0.411. The molecule has 102 valence electrons. The molecule has 0 saturated heterocycles. The molecule has 2 aromatic rings. The lowest BCUT2D eigenvalue weighted by atomic mass is 10.1. The molecule has 2 rings (SSSR count). The molecular formula is C14H13BrN4O. The van der Waals surface area contributed by atoms with Crippen molar-refractivity contribution in [2.75, 3.05) is 11.9 Å². The maximum absolute atomic E-state index is 8.94. The predicted molar refractivity (Wildman–Crippen MR) is 79.9 cm³/mol. The second-order valence-electron chi connectivity index (χ2n) is 4.07. The third kappa shape index (κ3) is 3.25. The van der Waals surface area contributed by atoms with E-state index in [0.29, 0.717) is 27.6 Å². The Hall–Kier alpha value is -2.13. The largest absolute Gasteiger partial charge is 0.437 e. The van der Waals surface area contributed by atoms with Crippen LogP contribution in [-0.4, -0.2) is 16.5 Å². The molecule has 0 aliphatic carbocycles. The molecule has 1 heterocycles. The number of hydrogen-bond acceptors (Lipinski definition) is 5. The number of anilines is 1. The fourth-order valence-corrected chi connectivity index (χ4v) is 1.82. The van der Waals surface area contributed by atoms with Gasteiger partial charge in [0.05, 0.1) is 22.3 Å². The van der Waals surface area contributed by atoms with E-state index in [1.165, 1.54) is 0 Å². The smallest absolute Gasteiger partial charge is 0.238 e. The second-order valence-corrected chi connectivity index (χ2v) is 4.93. The number of halogens is 1. The van der Waals surface area contributed by atoms with E-state index in [0.717, 1.165) is 12.1 Å². The number of nitrogens with zero attached hydrogens (tertiary/aromatic N) is 3. The third-order valence-electron chi connectivity index (χ3n) is 2.57. The summed E-state index contributed by atoms with van der Waals surface area (Å²) in [5, 5.41) is 12.0. The van der Waals surface area contributed by atoms with E-state index >= 15 is 0 Å². The van der Waals surface area contributed by atoms with Gasteiger partial charge in [-0.15, -0.1) is 0 Å². The van der Waals surface area contributed by atoms with Crippen molar-refractivity contribution in [3.63, 3.8) is 0 Å². The normalized spacial score (nSPS) is 9.90. The fraction of sp³-hybridized carbons (Fsp3) is 0.214. The molecule has 0 unspecified atom stereocenters. The molecule has 5 nitrogen and oxygen atoms in total. The number of aryl methyl sites for hydroxylation is 1. The molecule has 0 amide bonds. The Balaban J connectivity index is 2.34. The molecule has 0 aliphatic rings. The molecule has 1 N–H and O–H groups in total. The van der Waals surface area contributed by atoms with Crippen LogP contribution in [0.3, 0.4) is 0 Å². The molecule has 0 fully saturated rings. The van der Waals surface area contributed by atoms with Crippen LogP contribution in [0.25, 0.3) is 0 Å². The summed E-state index contributed by atoms with van der Waals surface area (Å²) in [6, 6.07) is 7.37. The SMILES string of the molecule is CCNc1ncc(Br)c(Oc2cc(C#N)ccc2C)n1. The Morgan fingerprint density at radius 3 is 2.95 bits per heavy atom. The van der Waals surface area contributed by atoms with Crippen molar-refractivity contribution in [3.05, 3.63) is 40.0 Å². The van der Waals surface area contributed by atoms with E-state index in [2.05, 4.69) is 37.3 Å². The average Bonchev–Trinajstić information content (AvgIpc) is 2.45.